The second kappa shape index (κ2) is 12.7. The second-order valence-electron chi connectivity index (χ2n) is 7.34. The molecule has 1 heterocycles. The van der Waals surface area contributed by atoms with Crippen LogP contribution in [0.4, 0.5) is 0 Å². The van der Waals surface area contributed by atoms with E-state index in [1.54, 1.807) is 26.2 Å². The van der Waals surface area contributed by atoms with E-state index < -0.39 is 12.0 Å². The number of hydrogen-bond donors (Lipinski definition) is 1. The molecule has 0 bridgehead atoms. The first-order valence-corrected chi connectivity index (χ1v) is 12.0. The molecule has 1 saturated heterocycles. The number of methoxy groups -OCH3 is 1. The number of carboxylic acid groups (broad SMARTS) is 1. The average Bonchev–Trinajstić information content (AvgIpc) is 3.02. The standard InChI is InChI=1S/C23H31NO5S2/c1-4-6-7-8-9-10-13-29-18-12-11-16(14-19(18)28-3)15-20-21(25)24(23(30)31-20)17(5-2)22(26)27/h11-12,14-15,17H,4-10,13H2,1-3H3,(H,26,27)/b20-15-. The van der Waals surface area contributed by atoms with Crippen molar-refractivity contribution in [3.8, 4) is 11.5 Å². The first kappa shape index (κ1) is 25.2. The lowest BCUT2D eigenvalue weighted by Crippen LogP contribution is -2.43. The van der Waals surface area contributed by atoms with Gasteiger partial charge in [0.25, 0.3) is 5.91 Å². The Morgan fingerprint density at radius 1 is 1.19 bits per heavy atom. The molecule has 1 fully saturated rings. The monoisotopic (exact) mass is 465 g/mol. The van der Waals surface area contributed by atoms with E-state index in [2.05, 4.69) is 6.92 Å². The van der Waals surface area contributed by atoms with Gasteiger partial charge in [-0.3, -0.25) is 9.69 Å². The summed E-state index contributed by atoms with van der Waals surface area (Å²) in [5, 5.41) is 9.37. The Balaban J connectivity index is 2.04. The molecule has 0 spiro atoms. The molecular weight excluding hydrogens is 434 g/mol. The molecule has 0 aliphatic carbocycles. The highest BCUT2D eigenvalue weighted by Gasteiger charge is 2.39. The fraction of sp³-hybridized carbons (Fsp3) is 0.522. The van der Waals surface area contributed by atoms with Gasteiger partial charge in [-0.2, -0.15) is 0 Å². The molecule has 1 aromatic rings. The molecule has 2 rings (SSSR count). The predicted molar refractivity (Wildman–Crippen MR) is 129 cm³/mol. The number of hydrogen-bond acceptors (Lipinski definition) is 6. The lowest BCUT2D eigenvalue weighted by atomic mass is 10.1. The zero-order valence-corrected chi connectivity index (χ0v) is 20.0. The smallest absolute Gasteiger partial charge is 0.326 e. The summed E-state index contributed by atoms with van der Waals surface area (Å²) in [5.41, 5.74) is 0.757. The molecule has 1 aliphatic heterocycles. The van der Waals surface area contributed by atoms with Crippen molar-refractivity contribution >= 4 is 46.3 Å². The Morgan fingerprint density at radius 3 is 2.55 bits per heavy atom. The number of thiocarbonyl (C=S) groups is 1. The van der Waals surface area contributed by atoms with E-state index in [4.69, 9.17) is 21.7 Å². The molecule has 31 heavy (non-hydrogen) atoms. The number of amides is 1. The van der Waals surface area contributed by atoms with E-state index in [1.165, 1.54) is 30.6 Å². The van der Waals surface area contributed by atoms with Gasteiger partial charge in [0.1, 0.15) is 10.4 Å². The van der Waals surface area contributed by atoms with Gasteiger partial charge in [0.2, 0.25) is 0 Å². The molecular formula is C23H31NO5S2. The van der Waals surface area contributed by atoms with Crippen LogP contribution in [0.25, 0.3) is 6.08 Å². The molecule has 6 nitrogen and oxygen atoms in total. The van der Waals surface area contributed by atoms with E-state index in [9.17, 15) is 14.7 Å². The van der Waals surface area contributed by atoms with Crippen LogP contribution in [0.15, 0.2) is 23.1 Å². The van der Waals surface area contributed by atoms with Crippen LogP contribution >= 0.6 is 24.0 Å². The van der Waals surface area contributed by atoms with Crippen molar-refractivity contribution in [1.29, 1.82) is 0 Å². The largest absolute Gasteiger partial charge is 0.493 e. The lowest BCUT2D eigenvalue weighted by Gasteiger charge is -2.21. The van der Waals surface area contributed by atoms with Gasteiger partial charge in [0, 0.05) is 0 Å². The zero-order chi connectivity index (χ0) is 22.8. The highest BCUT2D eigenvalue weighted by atomic mass is 32.2. The lowest BCUT2D eigenvalue weighted by molar-refractivity contribution is -0.145. The summed E-state index contributed by atoms with van der Waals surface area (Å²) in [7, 11) is 1.58. The first-order chi connectivity index (χ1) is 14.9. The average molecular weight is 466 g/mol. The van der Waals surface area contributed by atoms with Gasteiger partial charge in [-0.1, -0.05) is 76.0 Å². The highest BCUT2D eigenvalue weighted by Crippen LogP contribution is 2.36. The molecule has 1 unspecified atom stereocenters. The molecule has 170 valence electrons. The third-order valence-electron chi connectivity index (χ3n) is 5.05. The summed E-state index contributed by atoms with van der Waals surface area (Å²) in [5.74, 6) is -0.190. The molecule has 1 N–H and O–H groups in total. The summed E-state index contributed by atoms with van der Waals surface area (Å²) in [4.78, 5) is 25.8. The molecule has 0 radical (unpaired) electrons. The Kier molecular flexibility index (Phi) is 10.3. The summed E-state index contributed by atoms with van der Waals surface area (Å²) >= 11 is 6.37. The van der Waals surface area contributed by atoms with Gasteiger partial charge in [-0.25, -0.2) is 4.79 Å². The van der Waals surface area contributed by atoms with Crippen LogP contribution in [0.3, 0.4) is 0 Å². The first-order valence-electron chi connectivity index (χ1n) is 10.7. The quantitative estimate of drug-likeness (QED) is 0.234. The minimum Gasteiger partial charge on any atom is -0.493 e. The summed E-state index contributed by atoms with van der Waals surface area (Å²) in [6.07, 6.45) is 9.16. The van der Waals surface area contributed by atoms with Crippen LogP contribution in [0.1, 0.15) is 64.4 Å². The maximum absolute atomic E-state index is 12.7. The van der Waals surface area contributed by atoms with Crippen LogP contribution in [0, 0.1) is 0 Å². The molecule has 1 atom stereocenters. The maximum atomic E-state index is 12.7. The van der Waals surface area contributed by atoms with Gasteiger partial charge in [0.05, 0.1) is 18.6 Å². The number of carbonyl (C=O) groups excluding carboxylic acids is 1. The van der Waals surface area contributed by atoms with Crippen molar-refractivity contribution in [1.82, 2.24) is 4.90 Å². The molecule has 8 heteroatoms. The van der Waals surface area contributed by atoms with E-state index in [0.29, 0.717) is 23.0 Å². The molecule has 1 aromatic carbocycles. The number of unbranched alkanes of at least 4 members (excludes halogenated alkanes) is 5. The number of carbonyl (C=O) groups is 2. The van der Waals surface area contributed by atoms with E-state index in [-0.39, 0.29) is 16.6 Å². The number of aliphatic carboxylic acids is 1. The Hall–Kier alpha value is -2.06. The molecule has 1 amide bonds. The van der Waals surface area contributed by atoms with Crippen LogP contribution in [0.2, 0.25) is 0 Å². The Bertz CT molecular complexity index is 824. The second-order valence-corrected chi connectivity index (χ2v) is 9.02. The fourth-order valence-electron chi connectivity index (χ4n) is 3.33. The van der Waals surface area contributed by atoms with Crippen molar-refractivity contribution in [2.45, 2.75) is 64.8 Å². The molecule has 0 saturated carbocycles. The van der Waals surface area contributed by atoms with Crippen LogP contribution in [-0.2, 0) is 9.59 Å². The summed E-state index contributed by atoms with van der Waals surface area (Å²) in [6, 6.07) is 4.53. The van der Waals surface area contributed by atoms with Crippen molar-refractivity contribution < 1.29 is 24.2 Å². The Morgan fingerprint density at radius 2 is 1.90 bits per heavy atom. The van der Waals surface area contributed by atoms with Crippen LogP contribution < -0.4 is 9.47 Å². The van der Waals surface area contributed by atoms with Gasteiger partial charge in [-0.15, -0.1) is 0 Å². The Labute approximate surface area is 194 Å². The van der Waals surface area contributed by atoms with Crippen molar-refractivity contribution in [2.24, 2.45) is 0 Å². The molecule has 0 aromatic heterocycles. The SMILES string of the molecule is CCCCCCCCOc1ccc(/C=C2\SC(=S)N(C(CC)C(=O)O)C2=O)cc1OC. The van der Waals surface area contributed by atoms with Gasteiger partial charge >= 0.3 is 5.97 Å². The molecule has 1 aliphatic rings. The summed E-state index contributed by atoms with van der Waals surface area (Å²) in [6.45, 7) is 4.56. The minimum atomic E-state index is -1.06. The van der Waals surface area contributed by atoms with Gasteiger partial charge in [-0.05, 0) is 36.6 Å². The predicted octanol–water partition coefficient (Wildman–Crippen LogP) is 5.50. The normalized spacial score (nSPS) is 16.1. The van der Waals surface area contributed by atoms with E-state index >= 15 is 0 Å². The van der Waals surface area contributed by atoms with Gasteiger partial charge in [0.15, 0.2) is 11.5 Å². The third-order valence-corrected chi connectivity index (χ3v) is 6.38. The van der Waals surface area contributed by atoms with E-state index in [0.717, 1.165) is 30.2 Å². The fourth-order valence-corrected chi connectivity index (χ4v) is 4.68. The van der Waals surface area contributed by atoms with Crippen molar-refractivity contribution in [3.63, 3.8) is 0 Å². The number of nitrogens with zero attached hydrogens (tertiary/aromatic N) is 1. The highest BCUT2D eigenvalue weighted by molar-refractivity contribution is 8.26. The number of ether oxygens (including phenoxy) is 2. The number of carboxylic acids is 1. The van der Waals surface area contributed by atoms with Crippen LogP contribution in [0.5, 0.6) is 11.5 Å². The van der Waals surface area contributed by atoms with Crippen LogP contribution in [-0.4, -0.2) is 46.0 Å². The number of rotatable bonds is 13. The maximum Gasteiger partial charge on any atom is 0.326 e. The van der Waals surface area contributed by atoms with Gasteiger partial charge < -0.3 is 14.6 Å². The van der Waals surface area contributed by atoms with E-state index in [1.807, 2.05) is 12.1 Å². The van der Waals surface area contributed by atoms with Crippen molar-refractivity contribution in [3.05, 3.63) is 28.7 Å². The summed E-state index contributed by atoms with van der Waals surface area (Å²) < 4.78 is 11.6. The topological polar surface area (TPSA) is 76.1 Å². The zero-order valence-electron chi connectivity index (χ0n) is 18.4. The number of thioether (sulfide) groups is 1. The minimum absolute atomic E-state index is 0.261. The third kappa shape index (κ3) is 6.97. The van der Waals surface area contributed by atoms with Crippen molar-refractivity contribution in [2.75, 3.05) is 13.7 Å². The number of benzene rings is 1.